The summed E-state index contributed by atoms with van der Waals surface area (Å²) >= 11 is 4.40. The number of thioether (sulfide) groups is 1. The van der Waals surface area contributed by atoms with E-state index in [-0.39, 0.29) is 23.6 Å². The van der Waals surface area contributed by atoms with Crippen molar-refractivity contribution in [3.8, 4) is 0 Å². The minimum absolute atomic E-state index is 0.130. The van der Waals surface area contributed by atoms with E-state index in [9.17, 15) is 14.4 Å². The van der Waals surface area contributed by atoms with Crippen LogP contribution in [0, 0.1) is 0 Å². The number of amides is 3. The summed E-state index contributed by atoms with van der Waals surface area (Å²) in [5.41, 5.74) is 1.65. The number of nitrogens with zero attached hydrogens (tertiary/aromatic N) is 2. The molecule has 1 aliphatic rings. The van der Waals surface area contributed by atoms with Gasteiger partial charge in [0.2, 0.25) is 5.91 Å². The van der Waals surface area contributed by atoms with Crippen molar-refractivity contribution in [1.29, 1.82) is 0 Å². The molecule has 1 aliphatic heterocycles. The van der Waals surface area contributed by atoms with Crippen LogP contribution < -0.4 is 5.32 Å². The quantitative estimate of drug-likeness (QED) is 0.501. The Kier molecular flexibility index (Phi) is 6.58. The lowest BCUT2D eigenvalue weighted by atomic mass is 10.1. The zero-order valence-electron chi connectivity index (χ0n) is 15.5. The molecule has 3 rings (SSSR count). The molecular weight excluding hydrogens is 446 g/mol. The van der Waals surface area contributed by atoms with Crippen molar-refractivity contribution in [2.75, 3.05) is 26.8 Å². The lowest BCUT2D eigenvalue weighted by molar-refractivity contribution is -0.123. The Labute approximate surface area is 175 Å². The maximum atomic E-state index is 12.4. The van der Waals surface area contributed by atoms with Crippen molar-refractivity contribution in [1.82, 2.24) is 14.8 Å². The van der Waals surface area contributed by atoms with E-state index in [1.165, 1.54) is 4.90 Å². The van der Waals surface area contributed by atoms with Crippen molar-refractivity contribution in [3.63, 3.8) is 0 Å². The monoisotopic (exact) mass is 465 g/mol. The third kappa shape index (κ3) is 4.31. The fourth-order valence-corrected chi connectivity index (χ4v) is 4.21. The number of hydrogen-bond donors (Lipinski definition) is 1. The van der Waals surface area contributed by atoms with Crippen LogP contribution in [0.15, 0.2) is 33.8 Å². The summed E-state index contributed by atoms with van der Waals surface area (Å²) in [5.74, 6) is -0.416. The summed E-state index contributed by atoms with van der Waals surface area (Å²) in [5, 5.41) is 3.43. The predicted molar refractivity (Wildman–Crippen MR) is 113 cm³/mol. The van der Waals surface area contributed by atoms with E-state index < -0.39 is 0 Å². The van der Waals surface area contributed by atoms with Crippen LogP contribution in [-0.2, 0) is 20.9 Å². The van der Waals surface area contributed by atoms with Crippen molar-refractivity contribution < 1.29 is 19.1 Å². The van der Waals surface area contributed by atoms with E-state index in [4.69, 9.17) is 4.74 Å². The Bertz CT molecular complexity index is 969. The topological polar surface area (TPSA) is 80.6 Å². The molecule has 0 bridgehead atoms. The van der Waals surface area contributed by atoms with E-state index in [2.05, 4.69) is 21.2 Å². The van der Waals surface area contributed by atoms with Gasteiger partial charge in [0.15, 0.2) is 0 Å². The van der Waals surface area contributed by atoms with Crippen LogP contribution >= 0.6 is 27.7 Å². The molecule has 1 aromatic carbocycles. The van der Waals surface area contributed by atoms with E-state index in [1.807, 2.05) is 29.0 Å². The summed E-state index contributed by atoms with van der Waals surface area (Å²) in [6, 6.07) is 5.75. The van der Waals surface area contributed by atoms with Gasteiger partial charge < -0.3 is 14.6 Å². The molecule has 0 aliphatic carbocycles. The molecule has 148 valence electrons. The van der Waals surface area contributed by atoms with Gasteiger partial charge in [-0.25, -0.2) is 0 Å². The average molecular weight is 466 g/mol. The summed E-state index contributed by atoms with van der Waals surface area (Å²) in [6.07, 6.45) is 3.54. The maximum Gasteiger partial charge on any atom is 0.293 e. The number of ether oxygens (including phenoxy) is 1. The minimum Gasteiger partial charge on any atom is -0.383 e. The number of carbonyl (C=O) groups excluding carboxylic acids is 3. The summed E-state index contributed by atoms with van der Waals surface area (Å²) in [4.78, 5) is 38.2. The number of benzene rings is 1. The van der Waals surface area contributed by atoms with Gasteiger partial charge in [0.25, 0.3) is 11.1 Å². The predicted octanol–water partition coefficient (Wildman–Crippen LogP) is 3.22. The van der Waals surface area contributed by atoms with Crippen molar-refractivity contribution in [3.05, 3.63) is 39.3 Å². The number of aromatic nitrogens is 1. The maximum absolute atomic E-state index is 12.4. The van der Waals surface area contributed by atoms with E-state index in [0.29, 0.717) is 24.6 Å². The number of methoxy groups -OCH3 is 1. The van der Waals surface area contributed by atoms with E-state index in [1.54, 1.807) is 20.1 Å². The highest BCUT2D eigenvalue weighted by atomic mass is 79.9. The molecule has 0 unspecified atom stereocenters. The third-order valence-corrected chi connectivity index (χ3v) is 5.69. The molecule has 1 N–H and O–H groups in total. The van der Waals surface area contributed by atoms with Crippen LogP contribution in [0.2, 0.25) is 0 Å². The van der Waals surface area contributed by atoms with Gasteiger partial charge in [-0.05, 0) is 43.0 Å². The van der Waals surface area contributed by atoms with Gasteiger partial charge in [0.05, 0.1) is 11.5 Å². The standard InChI is InChI=1S/C19H20BrN3O4S/c1-3-23-18(25)16(28-19(23)26)8-12-10-22(11-17(24)21-6-7-27-2)15-5-4-13(20)9-14(12)15/h4-5,8-10H,3,6-7,11H2,1-2H3,(H,21,24)/b16-8-. The molecule has 0 spiro atoms. The van der Waals surface area contributed by atoms with E-state index in [0.717, 1.165) is 32.7 Å². The van der Waals surface area contributed by atoms with Crippen molar-refractivity contribution in [2.24, 2.45) is 0 Å². The van der Waals surface area contributed by atoms with Crippen molar-refractivity contribution >= 4 is 61.7 Å². The van der Waals surface area contributed by atoms with Crippen LogP contribution in [0.5, 0.6) is 0 Å². The smallest absolute Gasteiger partial charge is 0.293 e. The Morgan fingerprint density at radius 1 is 1.36 bits per heavy atom. The Morgan fingerprint density at radius 3 is 2.82 bits per heavy atom. The lowest BCUT2D eigenvalue weighted by Crippen LogP contribution is -2.30. The Balaban J connectivity index is 1.94. The summed E-state index contributed by atoms with van der Waals surface area (Å²) in [7, 11) is 1.58. The molecule has 0 saturated carbocycles. The van der Waals surface area contributed by atoms with Gasteiger partial charge in [0.1, 0.15) is 6.54 Å². The van der Waals surface area contributed by atoms with Gasteiger partial charge in [-0.3, -0.25) is 19.3 Å². The lowest BCUT2D eigenvalue weighted by Gasteiger charge is -2.07. The molecule has 9 heteroatoms. The number of fused-ring (bicyclic) bond motifs is 1. The molecule has 2 aromatic rings. The number of carbonyl (C=O) groups is 3. The molecule has 0 radical (unpaired) electrons. The normalized spacial score (nSPS) is 15.8. The second-order valence-electron chi connectivity index (χ2n) is 6.14. The minimum atomic E-state index is -0.286. The highest BCUT2D eigenvalue weighted by Gasteiger charge is 2.33. The molecule has 2 heterocycles. The molecule has 1 saturated heterocycles. The van der Waals surface area contributed by atoms with Crippen LogP contribution in [-0.4, -0.2) is 53.3 Å². The van der Waals surface area contributed by atoms with Gasteiger partial charge in [-0.15, -0.1) is 0 Å². The molecule has 28 heavy (non-hydrogen) atoms. The summed E-state index contributed by atoms with van der Waals surface area (Å²) in [6.45, 7) is 3.15. The number of imide groups is 1. The first-order valence-electron chi connectivity index (χ1n) is 8.74. The largest absolute Gasteiger partial charge is 0.383 e. The number of nitrogens with one attached hydrogen (secondary N) is 1. The first-order chi connectivity index (χ1) is 13.4. The molecule has 3 amide bonds. The van der Waals surface area contributed by atoms with Crippen LogP contribution in [0.25, 0.3) is 17.0 Å². The number of hydrogen-bond acceptors (Lipinski definition) is 5. The van der Waals surface area contributed by atoms with Crippen LogP contribution in [0.3, 0.4) is 0 Å². The third-order valence-electron chi connectivity index (χ3n) is 4.29. The second kappa shape index (κ2) is 8.93. The first-order valence-corrected chi connectivity index (χ1v) is 10.3. The van der Waals surface area contributed by atoms with Gasteiger partial charge in [0, 0.05) is 47.3 Å². The molecule has 1 fully saturated rings. The zero-order chi connectivity index (χ0) is 20.3. The molecule has 1 aromatic heterocycles. The average Bonchev–Trinajstić information content (AvgIpc) is 3.12. The molecule has 7 nitrogen and oxygen atoms in total. The molecule has 0 atom stereocenters. The van der Waals surface area contributed by atoms with Gasteiger partial charge in [-0.2, -0.15) is 0 Å². The molecular formula is C19H20BrN3O4S. The fourth-order valence-electron chi connectivity index (χ4n) is 2.96. The van der Waals surface area contributed by atoms with E-state index >= 15 is 0 Å². The Morgan fingerprint density at radius 2 is 2.14 bits per heavy atom. The number of rotatable bonds is 7. The number of halogens is 1. The van der Waals surface area contributed by atoms with Gasteiger partial charge >= 0.3 is 0 Å². The fraction of sp³-hybridized carbons (Fsp3) is 0.316. The van der Waals surface area contributed by atoms with Crippen LogP contribution in [0.4, 0.5) is 4.79 Å². The number of likely N-dealkylation sites (N-methyl/N-ethyl adjacent to an activating group) is 1. The van der Waals surface area contributed by atoms with Gasteiger partial charge in [-0.1, -0.05) is 15.9 Å². The highest BCUT2D eigenvalue weighted by Crippen LogP contribution is 2.34. The zero-order valence-corrected chi connectivity index (χ0v) is 17.9. The first kappa shape index (κ1) is 20.6. The van der Waals surface area contributed by atoms with Crippen LogP contribution in [0.1, 0.15) is 12.5 Å². The Hall–Kier alpha value is -2.10. The second-order valence-corrected chi connectivity index (χ2v) is 8.05. The SMILES string of the molecule is CCN1C(=O)S/C(=C\c2cn(CC(=O)NCCOC)c3ccc(Br)cc23)C1=O. The van der Waals surface area contributed by atoms with Crippen molar-refractivity contribution in [2.45, 2.75) is 13.5 Å². The summed E-state index contributed by atoms with van der Waals surface area (Å²) < 4.78 is 7.66. The highest BCUT2D eigenvalue weighted by molar-refractivity contribution is 9.10.